The maximum Gasteiger partial charge on any atom is 0.267 e. The van der Waals surface area contributed by atoms with E-state index >= 15 is 0 Å². The van der Waals surface area contributed by atoms with Gasteiger partial charge in [-0.25, -0.2) is 13.4 Å². The summed E-state index contributed by atoms with van der Waals surface area (Å²) in [4.78, 5) is 3.93. The summed E-state index contributed by atoms with van der Waals surface area (Å²) in [6.07, 6.45) is 2.77. The van der Waals surface area contributed by atoms with Crippen molar-refractivity contribution in [3.8, 4) is 5.88 Å². The molecule has 0 aliphatic heterocycles. The molecular weight excluding hydrogens is 294 g/mol. The third kappa shape index (κ3) is 3.43. The molecule has 2 heterocycles. The van der Waals surface area contributed by atoms with Crippen molar-refractivity contribution < 1.29 is 13.2 Å². The highest BCUT2D eigenvalue weighted by Crippen LogP contribution is 2.21. The number of anilines is 2. The number of hydrogen-bond donors (Lipinski definition) is 2. The minimum absolute atomic E-state index is 0.0387. The van der Waals surface area contributed by atoms with E-state index in [9.17, 15) is 8.42 Å². The molecule has 2 aromatic rings. The number of rotatable bonds is 6. The lowest BCUT2D eigenvalue weighted by molar-refractivity contribution is 0.327. The summed E-state index contributed by atoms with van der Waals surface area (Å²) in [5, 5.41) is 3.92. The van der Waals surface area contributed by atoms with Gasteiger partial charge >= 0.3 is 0 Å². The van der Waals surface area contributed by atoms with E-state index in [0.717, 1.165) is 0 Å². The number of nitrogen functional groups attached to an aromatic ring is 1. The van der Waals surface area contributed by atoms with Crippen molar-refractivity contribution >= 4 is 21.5 Å². The third-order valence-electron chi connectivity index (χ3n) is 2.65. The van der Waals surface area contributed by atoms with E-state index in [1.807, 2.05) is 13.8 Å². The van der Waals surface area contributed by atoms with Gasteiger partial charge in [-0.2, -0.15) is 5.10 Å². The van der Waals surface area contributed by atoms with Crippen LogP contribution in [0.1, 0.15) is 13.8 Å². The van der Waals surface area contributed by atoms with Gasteiger partial charge in [-0.3, -0.25) is 9.40 Å². The largest absolute Gasteiger partial charge is 0.478 e. The summed E-state index contributed by atoms with van der Waals surface area (Å²) < 4.78 is 33.6. The second-order valence-electron chi connectivity index (χ2n) is 4.16. The van der Waals surface area contributed by atoms with Crippen molar-refractivity contribution in [1.82, 2.24) is 14.8 Å². The van der Waals surface area contributed by atoms with E-state index in [2.05, 4.69) is 14.8 Å². The van der Waals surface area contributed by atoms with Crippen LogP contribution in [0.25, 0.3) is 0 Å². The minimum Gasteiger partial charge on any atom is -0.478 e. The first kappa shape index (κ1) is 15.1. The van der Waals surface area contributed by atoms with Crippen molar-refractivity contribution in [2.45, 2.75) is 25.3 Å². The van der Waals surface area contributed by atoms with Crippen LogP contribution in [0, 0.1) is 0 Å². The molecule has 0 amide bonds. The van der Waals surface area contributed by atoms with Gasteiger partial charge < -0.3 is 10.5 Å². The second-order valence-corrected chi connectivity index (χ2v) is 5.81. The Morgan fingerprint density at radius 1 is 1.38 bits per heavy atom. The van der Waals surface area contributed by atoms with Gasteiger partial charge in [0.05, 0.1) is 18.5 Å². The smallest absolute Gasteiger partial charge is 0.267 e. The highest BCUT2D eigenvalue weighted by molar-refractivity contribution is 7.92. The highest BCUT2D eigenvalue weighted by Gasteiger charge is 2.21. The molecule has 0 saturated carbocycles. The van der Waals surface area contributed by atoms with Gasteiger partial charge in [-0.1, -0.05) is 0 Å². The van der Waals surface area contributed by atoms with Crippen LogP contribution in [0.3, 0.4) is 0 Å². The summed E-state index contributed by atoms with van der Waals surface area (Å²) in [6.45, 7) is 4.70. The second kappa shape index (κ2) is 6.00. The predicted molar refractivity (Wildman–Crippen MR) is 78.5 cm³/mol. The Labute approximate surface area is 123 Å². The molecular formula is C12H17N5O3S. The van der Waals surface area contributed by atoms with Gasteiger partial charge in [-0.15, -0.1) is 0 Å². The van der Waals surface area contributed by atoms with Gasteiger partial charge in [-0.05, 0) is 19.9 Å². The van der Waals surface area contributed by atoms with E-state index in [1.165, 1.54) is 17.1 Å². The first-order valence-electron chi connectivity index (χ1n) is 6.41. The first-order valence-corrected chi connectivity index (χ1v) is 7.89. The minimum atomic E-state index is -3.80. The number of nitrogens with one attached hydrogen (secondary N) is 1. The van der Waals surface area contributed by atoms with Crippen LogP contribution < -0.4 is 15.2 Å². The zero-order chi connectivity index (χ0) is 15.5. The Bertz CT molecular complexity index is 709. The van der Waals surface area contributed by atoms with Crippen LogP contribution in [0.4, 0.5) is 11.5 Å². The number of ether oxygens (including phenoxy) is 1. The lowest BCUT2D eigenvalue weighted by Gasteiger charge is -2.07. The van der Waals surface area contributed by atoms with Crippen molar-refractivity contribution in [2.75, 3.05) is 17.1 Å². The van der Waals surface area contributed by atoms with Crippen LogP contribution in [0.5, 0.6) is 5.88 Å². The average molecular weight is 311 g/mol. The molecule has 114 valence electrons. The molecule has 2 rings (SSSR count). The van der Waals surface area contributed by atoms with Crippen molar-refractivity contribution in [1.29, 1.82) is 0 Å². The molecule has 0 aliphatic carbocycles. The number of nitrogens with zero attached hydrogens (tertiary/aromatic N) is 3. The van der Waals surface area contributed by atoms with Gasteiger partial charge in [0.2, 0.25) is 5.88 Å². The first-order chi connectivity index (χ1) is 9.96. The molecule has 0 aliphatic rings. The molecule has 0 fully saturated rings. The van der Waals surface area contributed by atoms with Crippen LogP contribution in [0.2, 0.25) is 0 Å². The fourth-order valence-electron chi connectivity index (χ4n) is 1.67. The van der Waals surface area contributed by atoms with E-state index in [4.69, 9.17) is 10.5 Å². The van der Waals surface area contributed by atoms with Crippen LogP contribution in [-0.2, 0) is 16.6 Å². The molecule has 0 unspecified atom stereocenters. The monoisotopic (exact) mass is 311 g/mol. The zero-order valence-corrected chi connectivity index (χ0v) is 12.6. The molecule has 0 saturated heterocycles. The summed E-state index contributed by atoms with van der Waals surface area (Å²) in [7, 11) is -3.80. The number of hydrogen-bond acceptors (Lipinski definition) is 6. The van der Waals surface area contributed by atoms with Gasteiger partial charge in [0.25, 0.3) is 10.0 Å². The molecule has 0 radical (unpaired) electrons. The molecule has 0 spiro atoms. The molecule has 0 aromatic carbocycles. The van der Waals surface area contributed by atoms with E-state index < -0.39 is 10.0 Å². The van der Waals surface area contributed by atoms with Gasteiger partial charge in [0.1, 0.15) is 4.90 Å². The van der Waals surface area contributed by atoms with Crippen LogP contribution in [0.15, 0.2) is 29.4 Å². The Kier molecular flexibility index (Phi) is 4.32. The number of aryl methyl sites for hydroxylation is 1. The number of aromatic nitrogens is 3. The Morgan fingerprint density at radius 3 is 2.67 bits per heavy atom. The third-order valence-corrected chi connectivity index (χ3v) is 4.05. The Balaban J connectivity index is 2.22. The molecule has 0 bridgehead atoms. The van der Waals surface area contributed by atoms with E-state index in [0.29, 0.717) is 24.7 Å². The molecule has 2 aromatic heterocycles. The summed E-state index contributed by atoms with van der Waals surface area (Å²) in [6, 6.07) is 3.15. The number of nitrogens with two attached hydrogens (primary N) is 1. The molecule has 9 heteroatoms. The van der Waals surface area contributed by atoms with Crippen molar-refractivity contribution in [3.05, 3.63) is 24.5 Å². The van der Waals surface area contributed by atoms with E-state index in [-0.39, 0.29) is 10.7 Å². The standard InChI is InChI=1S/C12H17N5O3S/c1-3-17-8-10(12(13)15-17)21(18,19)16-9-5-6-11(14-7-9)20-4-2/h5-8,16H,3-4H2,1-2H3,(H2,13,15). The molecule has 8 nitrogen and oxygen atoms in total. The summed E-state index contributed by atoms with van der Waals surface area (Å²) >= 11 is 0. The highest BCUT2D eigenvalue weighted by atomic mass is 32.2. The Hall–Kier alpha value is -2.29. The molecule has 0 atom stereocenters. The molecule has 21 heavy (non-hydrogen) atoms. The molecule has 3 N–H and O–H groups in total. The Morgan fingerprint density at radius 2 is 2.14 bits per heavy atom. The lowest BCUT2D eigenvalue weighted by atomic mass is 10.4. The number of pyridine rings is 1. The quantitative estimate of drug-likeness (QED) is 0.825. The fraction of sp³-hybridized carbons (Fsp3) is 0.333. The average Bonchev–Trinajstić information content (AvgIpc) is 2.83. The van der Waals surface area contributed by atoms with Crippen LogP contribution in [-0.4, -0.2) is 29.8 Å². The van der Waals surface area contributed by atoms with Crippen molar-refractivity contribution in [3.63, 3.8) is 0 Å². The summed E-state index contributed by atoms with van der Waals surface area (Å²) in [5.74, 6) is 0.391. The van der Waals surface area contributed by atoms with Gasteiger partial charge in [0, 0.05) is 18.8 Å². The normalized spacial score (nSPS) is 11.3. The number of sulfonamides is 1. The van der Waals surface area contributed by atoms with Crippen molar-refractivity contribution in [2.24, 2.45) is 0 Å². The SMILES string of the molecule is CCOc1ccc(NS(=O)(=O)c2cn(CC)nc2N)cn1. The fourth-order valence-corrected chi connectivity index (χ4v) is 2.79. The maximum absolute atomic E-state index is 12.3. The van der Waals surface area contributed by atoms with E-state index in [1.54, 1.807) is 12.1 Å². The van der Waals surface area contributed by atoms with Gasteiger partial charge in [0.15, 0.2) is 5.82 Å². The van der Waals surface area contributed by atoms with Crippen LogP contribution >= 0.6 is 0 Å². The topological polar surface area (TPSA) is 112 Å². The predicted octanol–water partition coefficient (Wildman–Crippen LogP) is 1.08. The lowest BCUT2D eigenvalue weighted by Crippen LogP contribution is -2.14. The maximum atomic E-state index is 12.3. The summed E-state index contributed by atoms with van der Waals surface area (Å²) in [5.41, 5.74) is 5.96. The zero-order valence-electron chi connectivity index (χ0n) is 11.8.